The number of alkyl halides is 3. The SMILES string of the molecule is O=C(NCCc1ccc(C(F)(F)F)cc1)NNC(=O)Nc1ccccc1. The monoisotopic (exact) mass is 366 g/mol. The Kier molecular flexibility index (Phi) is 6.42. The van der Waals surface area contributed by atoms with E-state index in [4.69, 9.17) is 0 Å². The van der Waals surface area contributed by atoms with Gasteiger partial charge in [0.2, 0.25) is 0 Å². The number of amides is 4. The van der Waals surface area contributed by atoms with Crippen molar-refractivity contribution in [3.8, 4) is 0 Å². The van der Waals surface area contributed by atoms with Crippen LogP contribution in [-0.4, -0.2) is 18.6 Å². The number of para-hydroxylation sites is 1. The molecular formula is C17H17F3N4O2. The predicted octanol–water partition coefficient (Wildman–Crippen LogP) is 3.28. The molecular weight excluding hydrogens is 349 g/mol. The predicted molar refractivity (Wildman–Crippen MR) is 90.3 cm³/mol. The van der Waals surface area contributed by atoms with E-state index < -0.39 is 23.8 Å². The van der Waals surface area contributed by atoms with Crippen molar-refractivity contribution in [2.75, 3.05) is 11.9 Å². The third-order valence-electron chi connectivity index (χ3n) is 3.30. The van der Waals surface area contributed by atoms with Gasteiger partial charge in [0.15, 0.2) is 0 Å². The lowest BCUT2D eigenvalue weighted by molar-refractivity contribution is -0.137. The summed E-state index contributed by atoms with van der Waals surface area (Å²) in [6.45, 7) is 0.194. The van der Waals surface area contributed by atoms with Gasteiger partial charge in [0.1, 0.15) is 0 Å². The van der Waals surface area contributed by atoms with Crippen LogP contribution in [0.25, 0.3) is 0 Å². The number of anilines is 1. The Bertz CT molecular complexity index is 734. The molecule has 0 bridgehead atoms. The van der Waals surface area contributed by atoms with Gasteiger partial charge in [0, 0.05) is 12.2 Å². The zero-order chi connectivity index (χ0) is 19.0. The van der Waals surface area contributed by atoms with Gasteiger partial charge in [-0.3, -0.25) is 0 Å². The minimum Gasteiger partial charge on any atom is -0.336 e. The third kappa shape index (κ3) is 6.34. The van der Waals surface area contributed by atoms with Gasteiger partial charge in [0.25, 0.3) is 0 Å². The molecule has 2 rings (SSSR count). The molecule has 0 aliphatic rings. The standard InChI is InChI=1S/C17H17F3N4O2/c18-17(19,20)13-8-6-12(7-9-13)10-11-21-15(25)23-24-16(26)22-14-4-2-1-3-5-14/h1-9H,10-11H2,(H2,21,23,25)(H2,22,24,26). The molecule has 0 radical (unpaired) electrons. The Hall–Kier alpha value is -3.23. The van der Waals surface area contributed by atoms with Crippen molar-refractivity contribution in [1.82, 2.24) is 16.2 Å². The molecule has 4 N–H and O–H groups in total. The van der Waals surface area contributed by atoms with E-state index in [-0.39, 0.29) is 6.54 Å². The summed E-state index contributed by atoms with van der Waals surface area (Å²) in [6.07, 6.45) is -4.02. The van der Waals surface area contributed by atoms with Crippen molar-refractivity contribution in [3.63, 3.8) is 0 Å². The Balaban J connectivity index is 1.66. The van der Waals surface area contributed by atoms with Crippen LogP contribution < -0.4 is 21.5 Å². The zero-order valence-corrected chi connectivity index (χ0v) is 13.6. The lowest BCUT2D eigenvalue weighted by atomic mass is 10.1. The van der Waals surface area contributed by atoms with Gasteiger partial charge < -0.3 is 10.6 Å². The molecule has 0 atom stereocenters. The first-order valence-electron chi connectivity index (χ1n) is 7.66. The molecule has 0 saturated carbocycles. The van der Waals surface area contributed by atoms with Crippen LogP contribution in [0.2, 0.25) is 0 Å². The largest absolute Gasteiger partial charge is 0.416 e. The summed E-state index contributed by atoms with van der Waals surface area (Å²) in [5.74, 6) is 0. The van der Waals surface area contributed by atoms with E-state index in [1.54, 1.807) is 30.3 Å². The molecule has 0 fully saturated rings. The third-order valence-corrected chi connectivity index (χ3v) is 3.30. The fourth-order valence-corrected chi connectivity index (χ4v) is 2.02. The average molecular weight is 366 g/mol. The number of rotatable bonds is 4. The summed E-state index contributed by atoms with van der Waals surface area (Å²) in [7, 11) is 0. The quantitative estimate of drug-likeness (QED) is 0.627. The van der Waals surface area contributed by atoms with Gasteiger partial charge in [-0.2, -0.15) is 13.2 Å². The second-order valence-corrected chi connectivity index (χ2v) is 5.27. The number of halogens is 3. The fraction of sp³-hybridized carbons (Fsp3) is 0.176. The van der Waals surface area contributed by atoms with E-state index in [0.29, 0.717) is 17.7 Å². The Morgan fingerprint density at radius 3 is 2.08 bits per heavy atom. The summed E-state index contributed by atoms with van der Waals surface area (Å²) >= 11 is 0. The average Bonchev–Trinajstić information content (AvgIpc) is 2.60. The van der Waals surface area contributed by atoms with Crippen molar-refractivity contribution in [2.45, 2.75) is 12.6 Å². The normalized spacial score (nSPS) is 10.7. The van der Waals surface area contributed by atoms with Gasteiger partial charge >= 0.3 is 18.2 Å². The van der Waals surface area contributed by atoms with E-state index >= 15 is 0 Å². The molecule has 0 aliphatic carbocycles. The molecule has 0 unspecified atom stereocenters. The number of hydrazine groups is 1. The number of carbonyl (C=O) groups is 2. The van der Waals surface area contributed by atoms with Gasteiger partial charge in [-0.05, 0) is 36.2 Å². The van der Waals surface area contributed by atoms with Crippen LogP contribution in [0.15, 0.2) is 54.6 Å². The number of urea groups is 2. The van der Waals surface area contributed by atoms with Crippen LogP contribution >= 0.6 is 0 Å². The highest BCUT2D eigenvalue weighted by atomic mass is 19.4. The minimum absolute atomic E-state index is 0.194. The van der Waals surface area contributed by atoms with Gasteiger partial charge in [-0.25, -0.2) is 20.4 Å². The molecule has 9 heteroatoms. The molecule has 0 heterocycles. The maximum Gasteiger partial charge on any atom is 0.416 e. The smallest absolute Gasteiger partial charge is 0.336 e. The lowest BCUT2D eigenvalue weighted by Gasteiger charge is -2.10. The second-order valence-electron chi connectivity index (χ2n) is 5.27. The van der Waals surface area contributed by atoms with Crippen molar-refractivity contribution in [1.29, 1.82) is 0 Å². The van der Waals surface area contributed by atoms with Gasteiger partial charge in [-0.15, -0.1) is 0 Å². The van der Waals surface area contributed by atoms with Crippen LogP contribution in [0, 0.1) is 0 Å². The van der Waals surface area contributed by atoms with Crippen LogP contribution in [0.5, 0.6) is 0 Å². The Morgan fingerprint density at radius 2 is 1.46 bits per heavy atom. The molecule has 138 valence electrons. The first-order valence-corrected chi connectivity index (χ1v) is 7.66. The van der Waals surface area contributed by atoms with Crippen molar-refractivity contribution >= 4 is 17.7 Å². The molecule has 6 nitrogen and oxygen atoms in total. The molecule has 2 aromatic carbocycles. The van der Waals surface area contributed by atoms with E-state index in [1.165, 1.54) is 12.1 Å². The summed E-state index contributed by atoms with van der Waals surface area (Å²) in [5.41, 5.74) is 4.81. The molecule has 4 amide bonds. The first-order chi connectivity index (χ1) is 12.3. The van der Waals surface area contributed by atoms with Crippen LogP contribution in [-0.2, 0) is 12.6 Å². The number of nitrogens with one attached hydrogen (secondary N) is 4. The molecule has 2 aromatic rings. The number of carbonyl (C=O) groups excluding carboxylic acids is 2. The lowest BCUT2D eigenvalue weighted by Crippen LogP contribution is -2.48. The van der Waals surface area contributed by atoms with E-state index in [0.717, 1.165) is 12.1 Å². The number of benzene rings is 2. The topological polar surface area (TPSA) is 82.3 Å². The Labute approximate surface area is 147 Å². The van der Waals surface area contributed by atoms with Gasteiger partial charge in [-0.1, -0.05) is 30.3 Å². The first kappa shape index (κ1) is 19.1. The summed E-state index contributed by atoms with van der Waals surface area (Å²) < 4.78 is 37.4. The van der Waals surface area contributed by atoms with Crippen molar-refractivity contribution in [3.05, 3.63) is 65.7 Å². The van der Waals surface area contributed by atoms with E-state index in [9.17, 15) is 22.8 Å². The number of hydrogen-bond donors (Lipinski definition) is 4. The summed E-state index contributed by atoms with van der Waals surface area (Å²) in [6, 6.07) is 12.1. The highest BCUT2D eigenvalue weighted by Gasteiger charge is 2.29. The van der Waals surface area contributed by atoms with Crippen LogP contribution in [0.3, 0.4) is 0 Å². The van der Waals surface area contributed by atoms with Crippen LogP contribution in [0.1, 0.15) is 11.1 Å². The number of hydrogen-bond acceptors (Lipinski definition) is 2. The molecule has 0 saturated heterocycles. The van der Waals surface area contributed by atoms with Crippen molar-refractivity contribution < 1.29 is 22.8 Å². The highest BCUT2D eigenvalue weighted by molar-refractivity contribution is 5.90. The maximum absolute atomic E-state index is 12.5. The molecule has 0 aromatic heterocycles. The maximum atomic E-state index is 12.5. The zero-order valence-electron chi connectivity index (χ0n) is 13.6. The Morgan fingerprint density at radius 1 is 0.846 bits per heavy atom. The highest BCUT2D eigenvalue weighted by Crippen LogP contribution is 2.29. The molecule has 0 aliphatic heterocycles. The van der Waals surface area contributed by atoms with Crippen molar-refractivity contribution in [2.24, 2.45) is 0 Å². The van der Waals surface area contributed by atoms with E-state index in [1.807, 2.05) is 0 Å². The minimum atomic E-state index is -4.37. The van der Waals surface area contributed by atoms with Gasteiger partial charge in [0.05, 0.1) is 5.56 Å². The van der Waals surface area contributed by atoms with E-state index in [2.05, 4.69) is 21.5 Å². The molecule has 0 spiro atoms. The fourth-order valence-electron chi connectivity index (χ4n) is 2.02. The second kappa shape index (κ2) is 8.75. The summed E-state index contributed by atoms with van der Waals surface area (Å²) in [4.78, 5) is 23.1. The van der Waals surface area contributed by atoms with Crippen LogP contribution in [0.4, 0.5) is 28.4 Å². The molecule has 26 heavy (non-hydrogen) atoms. The summed E-state index contributed by atoms with van der Waals surface area (Å²) in [5, 5.41) is 4.99.